The summed E-state index contributed by atoms with van der Waals surface area (Å²) in [4.78, 5) is 17.0. The predicted octanol–water partition coefficient (Wildman–Crippen LogP) is 4.46. The van der Waals surface area contributed by atoms with Crippen molar-refractivity contribution in [1.29, 1.82) is 5.26 Å². The molecule has 0 amide bonds. The number of halogens is 1. The summed E-state index contributed by atoms with van der Waals surface area (Å²) in [5.74, 6) is 2.04. The second-order valence-corrected chi connectivity index (χ2v) is 9.55. The summed E-state index contributed by atoms with van der Waals surface area (Å²) in [5, 5.41) is 8.57. The lowest BCUT2D eigenvalue weighted by Crippen LogP contribution is -2.56. The minimum Gasteiger partial charge on any atom is -0.479 e. The molecule has 0 N–H and O–H groups in total. The molecule has 6 heteroatoms. The highest BCUT2D eigenvalue weighted by molar-refractivity contribution is 6.24. The molecular formula is C22H21ClN2O3. The van der Waals surface area contributed by atoms with Crippen molar-refractivity contribution in [2.45, 2.75) is 43.4 Å². The summed E-state index contributed by atoms with van der Waals surface area (Å²) < 4.78 is 10.9. The molecule has 4 atom stereocenters. The van der Waals surface area contributed by atoms with Crippen LogP contribution in [0.2, 0.25) is 0 Å². The fraction of sp³-hybridized carbons (Fsp3) is 0.500. The molecule has 0 spiro atoms. The van der Waals surface area contributed by atoms with Crippen LogP contribution in [-0.4, -0.2) is 23.3 Å². The summed E-state index contributed by atoms with van der Waals surface area (Å²) in [6, 6.07) is 9.14. The zero-order chi connectivity index (χ0) is 19.4. The Kier molecular flexibility index (Phi) is 4.03. The van der Waals surface area contributed by atoms with Gasteiger partial charge in [0.15, 0.2) is 12.3 Å². The largest absolute Gasteiger partial charge is 0.479 e. The standard InChI is InChI=1S/C22H21ClN2O3/c23-22-11-15-7-16(12-22)10-21(9-15,13-22)20-25-18(19(26)28-20)8-14-1-3-17(4-2-14)27-6-5-24/h1-4,8,15-16H,6-7,9-13H2/b18-8-/t15-,16+,21?,22?. The van der Waals surface area contributed by atoms with E-state index < -0.39 is 0 Å². The number of esters is 1. The zero-order valence-corrected chi connectivity index (χ0v) is 16.2. The van der Waals surface area contributed by atoms with E-state index in [4.69, 9.17) is 26.3 Å². The van der Waals surface area contributed by atoms with Crippen LogP contribution in [-0.2, 0) is 9.53 Å². The fourth-order valence-electron chi connectivity index (χ4n) is 5.97. The van der Waals surface area contributed by atoms with Crippen molar-refractivity contribution < 1.29 is 14.3 Å². The van der Waals surface area contributed by atoms with Gasteiger partial charge in [0.2, 0.25) is 5.90 Å². The van der Waals surface area contributed by atoms with Gasteiger partial charge in [0.25, 0.3) is 0 Å². The highest BCUT2D eigenvalue weighted by atomic mass is 35.5. The molecule has 0 radical (unpaired) electrons. The topological polar surface area (TPSA) is 71.7 Å². The van der Waals surface area contributed by atoms with Crippen LogP contribution in [0.3, 0.4) is 0 Å². The third kappa shape index (κ3) is 3.00. The Morgan fingerprint density at radius 2 is 1.96 bits per heavy atom. The van der Waals surface area contributed by atoms with Crippen LogP contribution in [0.5, 0.6) is 5.75 Å². The van der Waals surface area contributed by atoms with Gasteiger partial charge in [-0.2, -0.15) is 5.26 Å². The maximum atomic E-state index is 12.5. The molecule has 4 bridgehead atoms. The molecule has 1 aliphatic heterocycles. The number of hydrogen-bond acceptors (Lipinski definition) is 5. The molecule has 4 aliphatic carbocycles. The number of benzene rings is 1. The molecule has 6 rings (SSSR count). The van der Waals surface area contributed by atoms with Gasteiger partial charge in [0.05, 0.1) is 0 Å². The number of nitriles is 1. The third-order valence-electron chi connectivity index (χ3n) is 6.55. The monoisotopic (exact) mass is 396 g/mol. The van der Waals surface area contributed by atoms with Crippen molar-refractivity contribution in [3.8, 4) is 11.8 Å². The van der Waals surface area contributed by atoms with Gasteiger partial charge in [-0.15, -0.1) is 11.6 Å². The highest BCUT2D eigenvalue weighted by Crippen LogP contribution is 2.64. The second kappa shape index (κ2) is 6.35. The van der Waals surface area contributed by atoms with Crippen LogP contribution in [0.15, 0.2) is 35.0 Å². The SMILES string of the molecule is N#CCOc1ccc(/C=C2\N=C(C34C[C@@H]5C[C@@H](CC(Cl)(C5)C3)C4)OC2=O)cc1. The molecule has 144 valence electrons. The maximum Gasteiger partial charge on any atom is 0.363 e. The first-order valence-electron chi connectivity index (χ1n) is 9.79. The number of hydrogen-bond donors (Lipinski definition) is 0. The van der Waals surface area contributed by atoms with E-state index in [2.05, 4.69) is 4.99 Å². The summed E-state index contributed by atoms with van der Waals surface area (Å²) in [5.41, 5.74) is 0.993. The Balaban J connectivity index is 1.40. The van der Waals surface area contributed by atoms with E-state index in [1.807, 2.05) is 18.2 Å². The Morgan fingerprint density at radius 1 is 1.25 bits per heavy atom. The molecule has 1 aromatic rings. The Labute approximate surface area is 169 Å². The van der Waals surface area contributed by atoms with Gasteiger partial charge < -0.3 is 9.47 Å². The first-order valence-corrected chi connectivity index (χ1v) is 10.2. The lowest BCUT2D eigenvalue weighted by atomic mass is 9.49. The van der Waals surface area contributed by atoms with Crippen LogP contribution < -0.4 is 4.74 Å². The van der Waals surface area contributed by atoms with E-state index in [0.29, 0.717) is 29.2 Å². The molecule has 0 saturated heterocycles. The minimum absolute atomic E-state index is 0.00650. The van der Waals surface area contributed by atoms with Gasteiger partial charge >= 0.3 is 5.97 Å². The molecule has 4 fully saturated rings. The second-order valence-electron chi connectivity index (χ2n) is 8.74. The van der Waals surface area contributed by atoms with E-state index in [1.165, 1.54) is 6.42 Å². The summed E-state index contributed by atoms with van der Waals surface area (Å²) >= 11 is 6.91. The first-order chi connectivity index (χ1) is 13.5. The Morgan fingerprint density at radius 3 is 2.61 bits per heavy atom. The van der Waals surface area contributed by atoms with Crippen molar-refractivity contribution in [3.63, 3.8) is 0 Å². The average Bonchev–Trinajstić information content (AvgIpc) is 3.00. The average molecular weight is 397 g/mol. The van der Waals surface area contributed by atoms with E-state index in [0.717, 1.165) is 37.7 Å². The minimum atomic E-state index is -0.390. The maximum absolute atomic E-state index is 12.5. The highest BCUT2D eigenvalue weighted by Gasteiger charge is 2.60. The van der Waals surface area contributed by atoms with Gasteiger partial charge in [0, 0.05) is 10.3 Å². The molecule has 2 unspecified atom stereocenters. The van der Waals surface area contributed by atoms with E-state index in [1.54, 1.807) is 18.2 Å². The molecule has 0 aromatic heterocycles. The van der Waals surface area contributed by atoms with Gasteiger partial charge in [-0.3, -0.25) is 0 Å². The quantitative estimate of drug-likeness (QED) is 0.428. The molecular weight excluding hydrogens is 376 g/mol. The number of nitrogens with zero attached hydrogens (tertiary/aromatic N) is 2. The summed E-state index contributed by atoms with van der Waals surface area (Å²) in [6.07, 6.45) is 8.07. The molecule has 1 aromatic carbocycles. The Bertz CT molecular complexity index is 914. The lowest BCUT2D eigenvalue weighted by Gasteiger charge is -2.59. The van der Waals surface area contributed by atoms with Gasteiger partial charge in [0.1, 0.15) is 11.8 Å². The zero-order valence-electron chi connectivity index (χ0n) is 15.5. The molecule has 28 heavy (non-hydrogen) atoms. The summed E-state index contributed by atoms with van der Waals surface area (Å²) in [6.45, 7) is 0.00650. The van der Waals surface area contributed by atoms with Crippen molar-refractivity contribution >= 4 is 29.5 Å². The number of ether oxygens (including phenoxy) is 2. The Hall–Kier alpha value is -2.32. The third-order valence-corrected chi connectivity index (χ3v) is 6.99. The van der Waals surface area contributed by atoms with Crippen LogP contribution in [0.4, 0.5) is 0 Å². The number of rotatable bonds is 4. The van der Waals surface area contributed by atoms with E-state index in [-0.39, 0.29) is 22.9 Å². The first kappa shape index (κ1) is 17.8. The molecule has 1 heterocycles. The van der Waals surface area contributed by atoms with Crippen molar-refractivity contribution in [1.82, 2.24) is 0 Å². The van der Waals surface area contributed by atoms with Crippen molar-refractivity contribution in [2.24, 2.45) is 22.2 Å². The van der Waals surface area contributed by atoms with Gasteiger partial charge in [-0.05, 0) is 74.1 Å². The van der Waals surface area contributed by atoms with Gasteiger partial charge in [-0.1, -0.05) is 12.1 Å². The number of alkyl halides is 1. The van der Waals surface area contributed by atoms with Crippen molar-refractivity contribution in [2.75, 3.05) is 6.61 Å². The van der Waals surface area contributed by atoms with E-state index >= 15 is 0 Å². The lowest BCUT2D eigenvalue weighted by molar-refractivity contribution is -0.131. The normalized spacial score (nSPS) is 36.9. The summed E-state index contributed by atoms with van der Waals surface area (Å²) in [7, 11) is 0. The predicted molar refractivity (Wildman–Crippen MR) is 105 cm³/mol. The number of aliphatic imine (C=N–C) groups is 1. The van der Waals surface area contributed by atoms with Crippen LogP contribution in [0.1, 0.15) is 44.1 Å². The molecule has 5 aliphatic rings. The van der Waals surface area contributed by atoms with Gasteiger partial charge in [-0.25, -0.2) is 9.79 Å². The van der Waals surface area contributed by atoms with E-state index in [9.17, 15) is 4.79 Å². The number of carbonyl (C=O) groups excluding carboxylic acids is 1. The number of cyclic esters (lactones) is 1. The van der Waals surface area contributed by atoms with Crippen LogP contribution in [0.25, 0.3) is 6.08 Å². The fourth-order valence-corrected chi connectivity index (χ4v) is 6.66. The van der Waals surface area contributed by atoms with Crippen LogP contribution in [0, 0.1) is 28.6 Å². The molecule has 4 saturated carbocycles. The number of carbonyl (C=O) groups is 1. The van der Waals surface area contributed by atoms with Crippen LogP contribution >= 0.6 is 11.6 Å². The smallest absolute Gasteiger partial charge is 0.363 e. The van der Waals surface area contributed by atoms with Crippen molar-refractivity contribution in [3.05, 3.63) is 35.5 Å². The molecule has 5 nitrogen and oxygen atoms in total.